The molecule has 1 N–H and O–H groups in total. The number of hydrogen-bond acceptors (Lipinski definition) is 1. The first-order valence-corrected chi connectivity index (χ1v) is 9.84. The molecule has 21 heavy (non-hydrogen) atoms. The van der Waals surface area contributed by atoms with Crippen molar-refractivity contribution in [3.63, 3.8) is 0 Å². The van der Waals surface area contributed by atoms with Crippen molar-refractivity contribution in [2.24, 2.45) is 23.2 Å². The van der Waals surface area contributed by atoms with E-state index in [1.165, 1.54) is 64.2 Å². The summed E-state index contributed by atoms with van der Waals surface area (Å²) < 4.78 is 0. The highest BCUT2D eigenvalue weighted by Gasteiger charge is 2.44. The minimum Gasteiger partial charge on any atom is -0.313 e. The average molecular weight is 294 g/mol. The van der Waals surface area contributed by atoms with Gasteiger partial charge in [-0.15, -0.1) is 0 Å². The molecule has 0 spiro atoms. The van der Waals surface area contributed by atoms with Crippen LogP contribution < -0.4 is 5.32 Å². The average Bonchev–Trinajstić information content (AvgIpc) is 2.93. The van der Waals surface area contributed by atoms with Gasteiger partial charge in [-0.1, -0.05) is 59.8 Å². The summed E-state index contributed by atoms with van der Waals surface area (Å²) in [5, 5.41) is 3.97. The third-order valence-electron chi connectivity index (χ3n) is 6.44. The number of nitrogens with one attached hydrogen (secondary N) is 1. The van der Waals surface area contributed by atoms with Crippen molar-refractivity contribution >= 4 is 0 Å². The van der Waals surface area contributed by atoms with Gasteiger partial charge in [0.05, 0.1) is 0 Å². The zero-order valence-corrected chi connectivity index (χ0v) is 15.1. The first-order valence-electron chi connectivity index (χ1n) is 9.84. The SMILES string of the molecule is CCNC(C1CCC(CC)CC1)C1(CC(C)C)CCCC1. The highest BCUT2D eigenvalue weighted by Crippen LogP contribution is 2.50. The maximum absolute atomic E-state index is 3.97. The molecule has 2 rings (SSSR count). The van der Waals surface area contributed by atoms with Crippen LogP contribution in [-0.2, 0) is 0 Å². The molecule has 0 bridgehead atoms. The van der Waals surface area contributed by atoms with Gasteiger partial charge < -0.3 is 5.32 Å². The Balaban J connectivity index is 2.08. The van der Waals surface area contributed by atoms with Gasteiger partial charge in [-0.2, -0.15) is 0 Å². The van der Waals surface area contributed by atoms with E-state index in [1.54, 1.807) is 0 Å². The summed E-state index contributed by atoms with van der Waals surface area (Å²) in [5.41, 5.74) is 0.619. The minimum atomic E-state index is 0.619. The van der Waals surface area contributed by atoms with Gasteiger partial charge in [-0.3, -0.25) is 0 Å². The van der Waals surface area contributed by atoms with E-state index in [0.717, 1.165) is 30.3 Å². The predicted octanol–water partition coefficient (Wildman–Crippen LogP) is 5.79. The van der Waals surface area contributed by atoms with Gasteiger partial charge in [0.15, 0.2) is 0 Å². The third kappa shape index (κ3) is 4.24. The van der Waals surface area contributed by atoms with Gasteiger partial charge in [-0.25, -0.2) is 0 Å². The molecule has 1 nitrogen and oxygen atoms in total. The second-order valence-corrected chi connectivity index (χ2v) is 8.39. The van der Waals surface area contributed by atoms with Crippen LogP contribution >= 0.6 is 0 Å². The smallest absolute Gasteiger partial charge is 0.0152 e. The highest BCUT2D eigenvalue weighted by molar-refractivity contribution is 4.99. The Labute approximate surface area is 133 Å². The topological polar surface area (TPSA) is 12.0 Å². The van der Waals surface area contributed by atoms with E-state index in [9.17, 15) is 0 Å². The van der Waals surface area contributed by atoms with Crippen molar-refractivity contribution in [2.75, 3.05) is 6.54 Å². The van der Waals surface area contributed by atoms with Gasteiger partial charge in [0, 0.05) is 6.04 Å². The molecule has 0 amide bonds. The van der Waals surface area contributed by atoms with Crippen LogP contribution in [0.25, 0.3) is 0 Å². The Kier molecular flexibility index (Phi) is 6.59. The van der Waals surface area contributed by atoms with E-state index in [-0.39, 0.29) is 0 Å². The zero-order chi connectivity index (χ0) is 15.3. The van der Waals surface area contributed by atoms with Crippen LogP contribution in [0.2, 0.25) is 0 Å². The Bertz CT molecular complexity index is 282. The van der Waals surface area contributed by atoms with Crippen molar-refractivity contribution in [3.8, 4) is 0 Å². The van der Waals surface area contributed by atoms with E-state index in [2.05, 4.69) is 33.0 Å². The molecular weight excluding hydrogens is 254 g/mol. The summed E-state index contributed by atoms with van der Waals surface area (Å²) in [4.78, 5) is 0. The third-order valence-corrected chi connectivity index (χ3v) is 6.44. The van der Waals surface area contributed by atoms with Crippen LogP contribution in [0.5, 0.6) is 0 Å². The van der Waals surface area contributed by atoms with Gasteiger partial charge in [0.1, 0.15) is 0 Å². The summed E-state index contributed by atoms with van der Waals surface area (Å²) in [6.45, 7) is 10.7. The van der Waals surface area contributed by atoms with Crippen LogP contribution in [0.1, 0.15) is 91.9 Å². The fourth-order valence-electron chi connectivity index (χ4n) is 5.57. The molecule has 2 aliphatic rings. The lowest BCUT2D eigenvalue weighted by Crippen LogP contribution is -2.50. The lowest BCUT2D eigenvalue weighted by atomic mass is 9.64. The molecule has 0 aromatic carbocycles. The molecule has 0 aromatic heterocycles. The van der Waals surface area contributed by atoms with Crippen LogP contribution in [0.3, 0.4) is 0 Å². The van der Waals surface area contributed by atoms with E-state index in [1.807, 2.05) is 0 Å². The Hall–Kier alpha value is -0.0400. The van der Waals surface area contributed by atoms with E-state index in [0.29, 0.717) is 5.41 Å². The Morgan fingerprint density at radius 2 is 1.62 bits per heavy atom. The first-order chi connectivity index (χ1) is 10.1. The van der Waals surface area contributed by atoms with Gasteiger partial charge >= 0.3 is 0 Å². The monoisotopic (exact) mass is 293 g/mol. The van der Waals surface area contributed by atoms with Crippen LogP contribution in [0.15, 0.2) is 0 Å². The molecule has 0 aromatic rings. The van der Waals surface area contributed by atoms with Crippen LogP contribution in [0.4, 0.5) is 0 Å². The molecule has 124 valence electrons. The van der Waals surface area contributed by atoms with E-state index < -0.39 is 0 Å². The summed E-state index contributed by atoms with van der Waals surface area (Å²) in [5.74, 6) is 2.81. The maximum Gasteiger partial charge on any atom is 0.0152 e. The molecule has 2 fully saturated rings. The Morgan fingerprint density at radius 1 is 1.00 bits per heavy atom. The fraction of sp³-hybridized carbons (Fsp3) is 1.00. The molecule has 1 atom stereocenters. The maximum atomic E-state index is 3.97. The predicted molar refractivity (Wildman–Crippen MR) is 93.6 cm³/mol. The molecule has 0 aliphatic heterocycles. The van der Waals surface area contributed by atoms with Gasteiger partial charge in [0.2, 0.25) is 0 Å². The minimum absolute atomic E-state index is 0.619. The Morgan fingerprint density at radius 3 is 2.10 bits per heavy atom. The molecule has 1 heteroatoms. The fourth-order valence-corrected chi connectivity index (χ4v) is 5.57. The largest absolute Gasteiger partial charge is 0.313 e. The van der Waals surface area contributed by atoms with Crippen LogP contribution in [0, 0.1) is 23.2 Å². The van der Waals surface area contributed by atoms with Crippen molar-refractivity contribution in [2.45, 2.75) is 97.9 Å². The second-order valence-electron chi connectivity index (χ2n) is 8.39. The molecule has 2 aliphatic carbocycles. The molecule has 1 unspecified atom stereocenters. The van der Waals surface area contributed by atoms with Crippen LogP contribution in [-0.4, -0.2) is 12.6 Å². The lowest BCUT2D eigenvalue weighted by Gasteiger charge is -2.46. The van der Waals surface area contributed by atoms with E-state index >= 15 is 0 Å². The first kappa shape index (κ1) is 17.3. The summed E-state index contributed by atoms with van der Waals surface area (Å²) in [7, 11) is 0. The lowest BCUT2D eigenvalue weighted by molar-refractivity contribution is 0.0826. The molecular formula is C20H39N. The summed E-state index contributed by atoms with van der Waals surface area (Å²) in [6, 6.07) is 0.796. The number of hydrogen-bond donors (Lipinski definition) is 1. The van der Waals surface area contributed by atoms with Crippen molar-refractivity contribution in [1.82, 2.24) is 5.32 Å². The summed E-state index contributed by atoms with van der Waals surface area (Å²) in [6.07, 6.45) is 14.7. The molecule has 2 saturated carbocycles. The van der Waals surface area contributed by atoms with Crippen molar-refractivity contribution in [1.29, 1.82) is 0 Å². The van der Waals surface area contributed by atoms with Crippen molar-refractivity contribution in [3.05, 3.63) is 0 Å². The second kappa shape index (κ2) is 7.99. The van der Waals surface area contributed by atoms with Gasteiger partial charge in [-0.05, 0) is 61.8 Å². The standard InChI is InChI=1S/C20H39N/c1-5-17-9-11-18(12-10-17)19(21-6-2)20(15-16(3)4)13-7-8-14-20/h16-19,21H,5-15H2,1-4H3. The quantitative estimate of drug-likeness (QED) is 0.626. The molecule has 0 radical (unpaired) electrons. The van der Waals surface area contributed by atoms with Crippen molar-refractivity contribution < 1.29 is 0 Å². The normalized spacial score (nSPS) is 30.7. The van der Waals surface area contributed by atoms with E-state index in [4.69, 9.17) is 0 Å². The number of rotatable bonds is 7. The molecule has 0 heterocycles. The van der Waals surface area contributed by atoms with Gasteiger partial charge in [0.25, 0.3) is 0 Å². The summed E-state index contributed by atoms with van der Waals surface area (Å²) >= 11 is 0. The molecule has 0 saturated heterocycles. The highest BCUT2D eigenvalue weighted by atomic mass is 14.9. The zero-order valence-electron chi connectivity index (χ0n) is 15.1.